The van der Waals surface area contributed by atoms with Gasteiger partial charge in [-0.2, -0.15) is 5.26 Å². The predicted molar refractivity (Wildman–Crippen MR) is 104 cm³/mol. The number of sulfonamides is 1. The Hall–Kier alpha value is -2.18. The molecule has 1 aliphatic rings. The number of likely N-dealkylation sites (N-methyl/N-ethyl adjacent to an activating group) is 1. The molecule has 3 rings (SSSR count). The second-order valence-electron chi connectivity index (χ2n) is 6.39. The molecule has 2 aromatic rings. The Balaban J connectivity index is 1.71. The molecule has 0 saturated carbocycles. The van der Waals surface area contributed by atoms with Gasteiger partial charge < -0.3 is 9.80 Å². The van der Waals surface area contributed by atoms with Crippen molar-refractivity contribution >= 4 is 27.4 Å². The predicted octanol–water partition coefficient (Wildman–Crippen LogP) is 1.84. The van der Waals surface area contributed by atoms with E-state index in [1.165, 1.54) is 18.2 Å². The van der Waals surface area contributed by atoms with Crippen molar-refractivity contribution in [3.05, 3.63) is 52.7 Å². The van der Waals surface area contributed by atoms with Crippen molar-refractivity contribution in [2.24, 2.45) is 0 Å². The molecule has 1 saturated heterocycles. The highest BCUT2D eigenvalue weighted by atomic mass is 35.5. The lowest BCUT2D eigenvalue weighted by Crippen LogP contribution is -2.44. The van der Waals surface area contributed by atoms with Gasteiger partial charge in [-0.1, -0.05) is 11.6 Å². The maximum atomic E-state index is 12.5. The monoisotopic (exact) mass is 405 g/mol. The van der Waals surface area contributed by atoms with Gasteiger partial charge in [0.25, 0.3) is 0 Å². The summed E-state index contributed by atoms with van der Waals surface area (Å²) in [6.07, 6.45) is 1.69. The van der Waals surface area contributed by atoms with Crippen LogP contribution in [0.25, 0.3) is 0 Å². The Labute approximate surface area is 164 Å². The van der Waals surface area contributed by atoms with E-state index in [9.17, 15) is 8.42 Å². The topological polar surface area (TPSA) is 89.3 Å². The summed E-state index contributed by atoms with van der Waals surface area (Å²) in [6.45, 7) is 3.85. The summed E-state index contributed by atoms with van der Waals surface area (Å²) in [6, 6.07) is 9.63. The maximum Gasteiger partial charge on any atom is 0.240 e. The van der Waals surface area contributed by atoms with Gasteiger partial charge >= 0.3 is 0 Å². The average molecular weight is 406 g/mol. The van der Waals surface area contributed by atoms with E-state index in [-0.39, 0.29) is 22.0 Å². The van der Waals surface area contributed by atoms with Crippen LogP contribution in [-0.4, -0.2) is 51.5 Å². The number of nitrogens with one attached hydrogen (secondary N) is 1. The highest BCUT2D eigenvalue weighted by Gasteiger charge is 2.18. The highest BCUT2D eigenvalue weighted by Crippen LogP contribution is 2.20. The summed E-state index contributed by atoms with van der Waals surface area (Å²) < 4.78 is 27.6. The third-order valence-corrected chi connectivity index (χ3v) is 6.20. The number of benzene rings is 1. The van der Waals surface area contributed by atoms with Gasteiger partial charge in [-0.25, -0.2) is 18.1 Å². The summed E-state index contributed by atoms with van der Waals surface area (Å²) in [5.74, 6) is 0.845. The molecule has 1 aromatic carbocycles. The van der Waals surface area contributed by atoms with Crippen LogP contribution in [-0.2, 0) is 16.6 Å². The number of nitrogens with zero attached hydrogens (tertiary/aromatic N) is 4. The molecule has 27 heavy (non-hydrogen) atoms. The fourth-order valence-electron chi connectivity index (χ4n) is 2.80. The van der Waals surface area contributed by atoms with E-state index in [0.29, 0.717) is 0 Å². The Morgan fingerprint density at radius 2 is 1.96 bits per heavy atom. The molecule has 0 bridgehead atoms. The molecule has 0 radical (unpaired) electrons. The maximum absolute atomic E-state index is 12.5. The van der Waals surface area contributed by atoms with Gasteiger partial charge in [0.05, 0.1) is 15.5 Å². The Morgan fingerprint density at radius 1 is 1.22 bits per heavy atom. The van der Waals surface area contributed by atoms with Crippen molar-refractivity contribution in [2.45, 2.75) is 11.4 Å². The minimum atomic E-state index is -3.75. The molecular formula is C18H20ClN5O2S. The van der Waals surface area contributed by atoms with Crippen molar-refractivity contribution < 1.29 is 8.42 Å². The molecule has 0 spiro atoms. The number of aromatic nitrogens is 1. The van der Waals surface area contributed by atoms with Crippen molar-refractivity contribution in [3.8, 4) is 6.07 Å². The normalized spacial score (nSPS) is 15.5. The zero-order chi connectivity index (χ0) is 19.4. The van der Waals surface area contributed by atoms with Crippen LogP contribution in [0.1, 0.15) is 11.1 Å². The van der Waals surface area contributed by atoms with Gasteiger partial charge in [0.15, 0.2) is 0 Å². The molecule has 142 valence electrons. The summed E-state index contributed by atoms with van der Waals surface area (Å²) in [7, 11) is -1.67. The average Bonchev–Trinajstić information content (AvgIpc) is 2.67. The summed E-state index contributed by atoms with van der Waals surface area (Å²) in [4.78, 5) is 8.86. The molecule has 1 aromatic heterocycles. The molecule has 1 N–H and O–H groups in total. The zero-order valence-electron chi connectivity index (χ0n) is 14.9. The van der Waals surface area contributed by atoms with E-state index in [0.717, 1.165) is 37.6 Å². The number of anilines is 1. The summed E-state index contributed by atoms with van der Waals surface area (Å²) in [5.41, 5.74) is 0.942. The van der Waals surface area contributed by atoms with Crippen LogP contribution in [0.5, 0.6) is 0 Å². The lowest BCUT2D eigenvalue weighted by Gasteiger charge is -2.33. The number of rotatable bonds is 5. The van der Waals surface area contributed by atoms with Crippen molar-refractivity contribution in [2.75, 3.05) is 38.1 Å². The van der Waals surface area contributed by atoms with E-state index in [1.54, 1.807) is 12.3 Å². The van der Waals surface area contributed by atoms with E-state index < -0.39 is 10.0 Å². The highest BCUT2D eigenvalue weighted by molar-refractivity contribution is 7.89. The van der Waals surface area contributed by atoms with Gasteiger partial charge in [0, 0.05) is 38.9 Å². The third kappa shape index (κ3) is 4.76. The molecule has 7 nitrogen and oxygen atoms in total. The molecule has 9 heteroatoms. The van der Waals surface area contributed by atoms with Crippen molar-refractivity contribution in [1.82, 2.24) is 14.6 Å². The number of pyridine rings is 1. The first-order valence-electron chi connectivity index (χ1n) is 8.47. The summed E-state index contributed by atoms with van der Waals surface area (Å²) in [5, 5.41) is 9.25. The van der Waals surface area contributed by atoms with Crippen LogP contribution in [0.15, 0.2) is 41.4 Å². The van der Waals surface area contributed by atoms with Crippen LogP contribution < -0.4 is 9.62 Å². The van der Waals surface area contributed by atoms with E-state index >= 15 is 0 Å². The quantitative estimate of drug-likeness (QED) is 0.816. The van der Waals surface area contributed by atoms with E-state index in [1.807, 2.05) is 12.1 Å². The van der Waals surface area contributed by atoms with Gasteiger partial charge in [-0.05, 0) is 42.9 Å². The second-order valence-corrected chi connectivity index (χ2v) is 8.56. The Kier molecular flexibility index (Phi) is 5.97. The SMILES string of the molecule is CN1CCN(c2cc(CNS(=O)(=O)c3ccc(Cl)c(C#N)c3)ccn2)CC1. The number of halogens is 1. The number of piperazine rings is 1. The molecule has 2 heterocycles. The molecular weight excluding hydrogens is 386 g/mol. The van der Waals surface area contributed by atoms with Gasteiger partial charge in [0.2, 0.25) is 10.0 Å². The number of hydrogen-bond acceptors (Lipinski definition) is 6. The van der Waals surface area contributed by atoms with Crippen molar-refractivity contribution in [3.63, 3.8) is 0 Å². The lowest BCUT2D eigenvalue weighted by molar-refractivity contribution is 0.312. The first-order valence-corrected chi connectivity index (χ1v) is 10.3. The standard InChI is InChI=1S/C18H20ClN5O2S/c1-23-6-8-24(9-7-23)18-10-14(4-5-21-18)13-22-27(25,26)16-2-3-17(19)15(11-16)12-20/h2-5,10-11,22H,6-9,13H2,1H3. The van der Waals surface area contributed by atoms with E-state index in [2.05, 4.69) is 26.6 Å². The Morgan fingerprint density at radius 3 is 2.67 bits per heavy atom. The second kappa shape index (κ2) is 8.23. The van der Waals surface area contributed by atoms with E-state index in [4.69, 9.17) is 16.9 Å². The zero-order valence-corrected chi connectivity index (χ0v) is 16.5. The van der Waals surface area contributed by atoms with Crippen LogP contribution in [0, 0.1) is 11.3 Å². The first-order chi connectivity index (χ1) is 12.9. The van der Waals surface area contributed by atoms with Crippen LogP contribution in [0.4, 0.5) is 5.82 Å². The van der Waals surface area contributed by atoms with Gasteiger partial charge in [0.1, 0.15) is 11.9 Å². The largest absolute Gasteiger partial charge is 0.354 e. The molecule has 0 amide bonds. The minimum Gasteiger partial charge on any atom is -0.354 e. The fraction of sp³-hybridized carbons (Fsp3) is 0.333. The van der Waals surface area contributed by atoms with Crippen LogP contribution in [0.3, 0.4) is 0 Å². The van der Waals surface area contributed by atoms with Crippen molar-refractivity contribution in [1.29, 1.82) is 5.26 Å². The minimum absolute atomic E-state index is 0.0109. The molecule has 1 fully saturated rings. The molecule has 0 atom stereocenters. The summed E-state index contributed by atoms with van der Waals surface area (Å²) >= 11 is 5.87. The number of nitriles is 1. The first kappa shape index (κ1) is 19.6. The fourth-order valence-corrected chi connectivity index (χ4v) is 4.00. The smallest absolute Gasteiger partial charge is 0.240 e. The molecule has 0 unspecified atom stereocenters. The molecule has 1 aliphatic heterocycles. The number of hydrogen-bond donors (Lipinski definition) is 1. The van der Waals surface area contributed by atoms with Gasteiger partial charge in [-0.15, -0.1) is 0 Å². The molecule has 0 aliphatic carbocycles. The van der Waals surface area contributed by atoms with Crippen LogP contribution in [0.2, 0.25) is 5.02 Å². The Bertz CT molecular complexity index is 966. The van der Waals surface area contributed by atoms with Gasteiger partial charge in [-0.3, -0.25) is 0 Å². The lowest BCUT2D eigenvalue weighted by atomic mass is 10.2. The third-order valence-electron chi connectivity index (χ3n) is 4.47. The van der Waals surface area contributed by atoms with Crippen LogP contribution >= 0.6 is 11.6 Å².